The number of carboxylic acids is 1. The van der Waals surface area contributed by atoms with Gasteiger partial charge >= 0.3 is 5.97 Å². The molecule has 146 valence electrons. The van der Waals surface area contributed by atoms with Crippen molar-refractivity contribution in [3.8, 4) is 0 Å². The van der Waals surface area contributed by atoms with Crippen LogP contribution in [0.4, 0.5) is 0 Å². The standard InChI is InChI=1S/C17H20N2O7S/c1-10(17(22)23)18(2)15(20)11-5-6-13-14(8-11)27(24,25)19(16(13)21)9-12-4-3-7-26-12/h5-6,8,10,12H,3-4,7,9H2,1-2H3,(H,22,23). The van der Waals surface area contributed by atoms with Crippen LogP contribution in [-0.2, 0) is 19.6 Å². The zero-order valence-corrected chi connectivity index (χ0v) is 15.7. The minimum absolute atomic E-state index is 0.000286. The van der Waals surface area contributed by atoms with Gasteiger partial charge in [0.05, 0.1) is 18.2 Å². The molecule has 0 aromatic heterocycles. The normalized spacial score (nSPS) is 21.8. The maximum absolute atomic E-state index is 12.8. The van der Waals surface area contributed by atoms with Crippen LogP contribution >= 0.6 is 0 Å². The predicted molar refractivity (Wildman–Crippen MR) is 92.8 cm³/mol. The van der Waals surface area contributed by atoms with E-state index in [1.807, 2.05) is 0 Å². The lowest BCUT2D eigenvalue weighted by molar-refractivity contribution is -0.141. The second-order valence-electron chi connectivity index (χ2n) is 6.62. The van der Waals surface area contributed by atoms with Gasteiger partial charge in [-0.25, -0.2) is 17.5 Å². The summed E-state index contributed by atoms with van der Waals surface area (Å²) in [6.07, 6.45) is 1.16. The highest BCUT2D eigenvalue weighted by atomic mass is 32.2. The quantitative estimate of drug-likeness (QED) is 0.771. The number of carboxylic acid groups (broad SMARTS) is 1. The summed E-state index contributed by atoms with van der Waals surface area (Å²) in [5, 5.41) is 9.04. The Hall–Kier alpha value is -2.46. The molecule has 3 rings (SSSR count). The van der Waals surface area contributed by atoms with Crippen molar-refractivity contribution in [2.75, 3.05) is 20.2 Å². The molecular weight excluding hydrogens is 376 g/mol. The van der Waals surface area contributed by atoms with Gasteiger partial charge in [0.2, 0.25) is 0 Å². The van der Waals surface area contributed by atoms with Gasteiger partial charge in [0, 0.05) is 19.2 Å². The Morgan fingerprint density at radius 1 is 1.41 bits per heavy atom. The molecule has 1 saturated heterocycles. The minimum atomic E-state index is -4.08. The van der Waals surface area contributed by atoms with Crippen molar-refractivity contribution < 1.29 is 32.6 Å². The number of carbonyl (C=O) groups is 3. The third-order valence-electron chi connectivity index (χ3n) is 4.91. The van der Waals surface area contributed by atoms with Gasteiger partial charge < -0.3 is 14.7 Å². The van der Waals surface area contributed by atoms with Crippen molar-refractivity contribution in [3.63, 3.8) is 0 Å². The summed E-state index contributed by atoms with van der Waals surface area (Å²) in [5.74, 6) is -2.47. The van der Waals surface area contributed by atoms with E-state index in [0.717, 1.165) is 21.7 Å². The Morgan fingerprint density at radius 2 is 2.11 bits per heavy atom. The van der Waals surface area contributed by atoms with Crippen LogP contribution in [0.25, 0.3) is 0 Å². The molecule has 2 unspecified atom stereocenters. The molecule has 1 N–H and O–H groups in total. The number of amides is 2. The second kappa shape index (κ2) is 6.93. The SMILES string of the molecule is CC(C(=O)O)N(C)C(=O)c1ccc2c(c1)S(=O)(=O)N(CC1CCCO1)C2=O. The van der Waals surface area contributed by atoms with Crippen LogP contribution in [0.1, 0.15) is 40.5 Å². The van der Waals surface area contributed by atoms with Crippen molar-refractivity contribution in [3.05, 3.63) is 29.3 Å². The number of benzene rings is 1. The van der Waals surface area contributed by atoms with Crippen LogP contribution in [-0.4, -0.2) is 72.9 Å². The van der Waals surface area contributed by atoms with Crippen LogP contribution in [0.3, 0.4) is 0 Å². The van der Waals surface area contributed by atoms with E-state index >= 15 is 0 Å². The first-order valence-corrected chi connectivity index (χ1v) is 9.91. The topological polar surface area (TPSA) is 121 Å². The average Bonchev–Trinajstić information content (AvgIpc) is 3.21. The molecule has 10 heteroatoms. The van der Waals surface area contributed by atoms with E-state index in [2.05, 4.69) is 0 Å². The molecule has 9 nitrogen and oxygen atoms in total. The van der Waals surface area contributed by atoms with E-state index in [9.17, 15) is 22.8 Å². The van der Waals surface area contributed by atoms with Crippen LogP contribution < -0.4 is 0 Å². The number of rotatable bonds is 5. The number of sulfonamides is 1. The Balaban J connectivity index is 1.91. The third-order valence-corrected chi connectivity index (χ3v) is 6.69. The largest absolute Gasteiger partial charge is 0.480 e. The highest BCUT2D eigenvalue weighted by Crippen LogP contribution is 2.32. The van der Waals surface area contributed by atoms with Crippen LogP contribution in [0.15, 0.2) is 23.1 Å². The van der Waals surface area contributed by atoms with Gasteiger partial charge in [-0.3, -0.25) is 9.59 Å². The lowest BCUT2D eigenvalue weighted by Gasteiger charge is -2.21. The van der Waals surface area contributed by atoms with E-state index < -0.39 is 33.8 Å². The van der Waals surface area contributed by atoms with Gasteiger partial charge in [-0.2, -0.15) is 0 Å². The van der Waals surface area contributed by atoms with Crippen LogP contribution in [0.2, 0.25) is 0 Å². The van der Waals surface area contributed by atoms with Crippen molar-refractivity contribution in [2.24, 2.45) is 0 Å². The minimum Gasteiger partial charge on any atom is -0.480 e. The van der Waals surface area contributed by atoms with Gasteiger partial charge in [-0.1, -0.05) is 0 Å². The summed E-state index contributed by atoms with van der Waals surface area (Å²) in [4.78, 5) is 36.8. The summed E-state index contributed by atoms with van der Waals surface area (Å²) >= 11 is 0. The molecule has 2 atom stereocenters. The number of hydrogen-bond acceptors (Lipinski definition) is 6. The molecule has 0 bridgehead atoms. The fourth-order valence-electron chi connectivity index (χ4n) is 3.11. The highest BCUT2D eigenvalue weighted by molar-refractivity contribution is 7.90. The zero-order valence-electron chi connectivity index (χ0n) is 14.9. The molecule has 2 aliphatic rings. The maximum Gasteiger partial charge on any atom is 0.326 e. The second-order valence-corrected chi connectivity index (χ2v) is 8.45. The monoisotopic (exact) mass is 396 g/mol. The molecule has 27 heavy (non-hydrogen) atoms. The number of hydrogen-bond donors (Lipinski definition) is 1. The van der Waals surface area contributed by atoms with Crippen molar-refractivity contribution in [1.82, 2.24) is 9.21 Å². The zero-order chi connectivity index (χ0) is 19.9. The molecular formula is C17H20N2O7S. The van der Waals surface area contributed by atoms with E-state index in [-0.39, 0.29) is 28.7 Å². The number of fused-ring (bicyclic) bond motifs is 1. The molecule has 1 fully saturated rings. The van der Waals surface area contributed by atoms with E-state index in [1.165, 1.54) is 26.1 Å². The Morgan fingerprint density at radius 3 is 2.70 bits per heavy atom. The lowest BCUT2D eigenvalue weighted by Crippen LogP contribution is -2.40. The fraction of sp³-hybridized carbons (Fsp3) is 0.471. The lowest BCUT2D eigenvalue weighted by atomic mass is 10.1. The summed E-state index contributed by atoms with van der Waals surface area (Å²) in [5.41, 5.74) is -0.00169. The fourth-order valence-corrected chi connectivity index (χ4v) is 4.73. The molecule has 0 saturated carbocycles. The number of ether oxygens (including phenoxy) is 1. The van der Waals surface area contributed by atoms with Crippen LogP contribution in [0, 0.1) is 0 Å². The number of aliphatic carboxylic acids is 1. The van der Waals surface area contributed by atoms with Crippen LogP contribution in [0.5, 0.6) is 0 Å². The molecule has 0 spiro atoms. The van der Waals surface area contributed by atoms with E-state index in [1.54, 1.807) is 0 Å². The Bertz CT molecular complexity index is 906. The van der Waals surface area contributed by atoms with Gasteiger partial charge in [-0.15, -0.1) is 0 Å². The highest BCUT2D eigenvalue weighted by Gasteiger charge is 2.43. The molecule has 1 aromatic rings. The van der Waals surface area contributed by atoms with Crippen molar-refractivity contribution in [1.29, 1.82) is 0 Å². The molecule has 2 heterocycles. The average molecular weight is 396 g/mol. The molecule has 2 amide bonds. The first-order chi connectivity index (χ1) is 12.6. The summed E-state index contributed by atoms with van der Waals surface area (Å²) in [6.45, 7) is 1.82. The molecule has 0 radical (unpaired) electrons. The van der Waals surface area contributed by atoms with Crippen molar-refractivity contribution in [2.45, 2.75) is 36.8 Å². The molecule has 2 aliphatic heterocycles. The number of likely N-dealkylation sites (N-methyl/N-ethyl adjacent to an activating group) is 1. The third kappa shape index (κ3) is 3.30. The smallest absolute Gasteiger partial charge is 0.326 e. The summed E-state index contributed by atoms with van der Waals surface area (Å²) in [6, 6.07) is 2.66. The first kappa shape index (κ1) is 19.3. The maximum atomic E-state index is 12.8. The predicted octanol–water partition coefficient (Wildman–Crippen LogP) is 0.555. The van der Waals surface area contributed by atoms with Gasteiger partial charge in [0.1, 0.15) is 10.9 Å². The number of nitrogens with zero attached hydrogens (tertiary/aromatic N) is 2. The van der Waals surface area contributed by atoms with E-state index in [0.29, 0.717) is 13.0 Å². The first-order valence-electron chi connectivity index (χ1n) is 8.47. The molecule has 0 aliphatic carbocycles. The van der Waals surface area contributed by atoms with Gasteiger partial charge in [0.25, 0.3) is 21.8 Å². The summed E-state index contributed by atoms with van der Waals surface area (Å²) < 4.78 is 31.8. The Kier molecular flexibility index (Phi) is 4.96. The van der Waals surface area contributed by atoms with E-state index in [4.69, 9.17) is 9.84 Å². The van der Waals surface area contributed by atoms with Gasteiger partial charge in [-0.05, 0) is 38.0 Å². The van der Waals surface area contributed by atoms with Crippen molar-refractivity contribution >= 4 is 27.8 Å². The summed E-state index contributed by atoms with van der Waals surface area (Å²) in [7, 11) is -2.77. The number of carbonyl (C=O) groups excluding carboxylic acids is 2. The Labute approximate surface area is 156 Å². The van der Waals surface area contributed by atoms with Gasteiger partial charge in [0.15, 0.2) is 0 Å². The molecule has 1 aromatic carbocycles.